The summed E-state index contributed by atoms with van der Waals surface area (Å²) in [5, 5.41) is 3.02. The molecule has 2 aromatic carbocycles. The topological polar surface area (TPSA) is 101 Å². The second-order valence-corrected chi connectivity index (χ2v) is 7.80. The largest absolute Gasteiger partial charge is 0.330 e. The molecule has 0 radical (unpaired) electrons. The van der Waals surface area contributed by atoms with Crippen molar-refractivity contribution in [2.24, 2.45) is 11.5 Å². The number of carbonyl (C=O) groups is 2. The van der Waals surface area contributed by atoms with Gasteiger partial charge in [-0.25, -0.2) is 0 Å². The molecule has 1 aliphatic carbocycles. The van der Waals surface area contributed by atoms with Gasteiger partial charge in [0.15, 0.2) is 0 Å². The number of aryl methyl sites for hydroxylation is 2. The Bertz CT molecular complexity index is 854. The molecule has 6 nitrogen and oxygen atoms in total. The van der Waals surface area contributed by atoms with E-state index in [1.807, 2.05) is 36.4 Å². The summed E-state index contributed by atoms with van der Waals surface area (Å²) < 4.78 is 0. The maximum Gasteiger partial charge on any atom is 0.247 e. The summed E-state index contributed by atoms with van der Waals surface area (Å²) in [6.45, 7) is 0.777. The van der Waals surface area contributed by atoms with Crippen LogP contribution in [0.1, 0.15) is 36.0 Å². The van der Waals surface area contributed by atoms with Gasteiger partial charge in [0.1, 0.15) is 6.04 Å². The second-order valence-electron chi connectivity index (χ2n) is 7.80. The molecule has 5 N–H and O–H groups in total. The first-order valence-corrected chi connectivity index (χ1v) is 10.8. The van der Waals surface area contributed by atoms with Crippen molar-refractivity contribution in [1.82, 2.24) is 4.90 Å². The summed E-state index contributed by atoms with van der Waals surface area (Å²) >= 11 is 0. The number of carbonyl (C=O) groups excluding carboxylic acids is 2. The maximum absolute atomic E-state index is 13.2. The van der Waals surface area contributed by atoms with E-state index in [1.54, 1.807) is 4.90 Å². The third kappa shape index (κ3) is 5.68. The summed E-state index contributed by atoms with van der Waals surface area (Å²) in [6, 6.07) is 15.4. The van der Waals surface area contributed by atoms with Crippen LogP contribution in [0.4, 0.5) is 5.69 Å². The normalized spacial score (nSPS) is 13.5. The molecule has 30 heavy (non-hydrogen) atoms. The molecule has 2 amide bonds. The highest BCUT2D eigenvalue weighted by molar-refractivity contribution is 5.97. The molecular weight excluding hydrogens is 376 g/mol. The van der Waals surface area contributed by atoms with E-state index >= 15 is 0 Å². The van der Waals surface area contributed by atoms with E-state index in [0.717, 1.165) is 30.5 Å². The van der Waals surface area contributed by atoms with Gasteiger partial charge in [0, 0.05) is 12.2 Å². The van der Waals surface area contributed by atoms with Gasteiger partial charge >= 0.3 is 0 Å². The van der Waals surface area contributed by atoms with Crippen LogP contribution < -0.4 is 16.8 Å². The molecular formula is C24H32N4O2. The smallest absolute Gasteiger partial charge is 0.247 e. The van der Waals surface area contributed by atoms with E-state index in [4.69, 9.17) is 11.5 Å². The van der Waals surface area contributed by atoms with Crippen molar-refractivity contribution in [3.05, 3.63) is 65.2 Å². The van der Waals surface area contributed by atoms with Crippen LogP contribution >= 0.6 is 0 Å². The minimum atomic E-state index is -0.596. The lowest BCUT2D eigenvalue weighted by atomic mass is 10.1. The number of nitrogens with zero attached hydrogens (tertiary/aromatic N) is 1. The Morgan fingerprint density at radius 3 is 2.53 bits per heavy atom. The van der Waals surface area contributed by atoms with Crippen LogP contribution in [-0.2, 0) is 28.9 Å². The fraction of sp³-hybridized carbons (Fsp3) is 0.417. The van der Waals surface area contributed by atoms with Crippen LogP contribution in [0.3, 0.4) is 0 Å². The Balaban J connectivity index is 1.75. The summed E-state index contributed by atoms with van der Waals surface area (Å²) in [5.41, 5.74) is 15.9. The molecule has 0 spiro atoms. The first-order valence-electron chi connectivity index (χ1n) is 10.8. The number of anilines is 1. The van der Waals surface area contributed by atoms with Crippen LogP contribution in [-0.4, -0.2) is 42.4 Å². The first-order chi connectivity index (χ1) is 14.6. The Morgan fingerprint density at radius 1 is 1.03 bits per heavy atom. The highest BCUT2D eigenvalue weighted by Gasteiger charge is 2.29. The standard InChI is InChI=1S/C24H32N4O2/c25-14-5-10-22(24(30)27-21-12-11-19-8-4-9-20(19)16-21)28(23(29)17-26)15-13-18-6-2-1-3-7-18/h1-3,6-7,11-12,16,22H,4-5,8-10,13-15,17,25-26H2,(H,27,30)/t22-/m0/s1. The molecule has 0 aliphatic heterocycles. The highest BCUT2D eigenvalue weighted by Crippen LogP contribution is 2.25. The molecule has 0 aromatic heterocycles. The third-order valence-electron chi connectivity index (χ3n) is 5.71. The number of rotatable bonds is 10. The third-order valence-corrected chi connectivity index (χ3v) is 5.71. The number of hydrogen-bond donors (Lipinski definition) is 3. The Hall–Kier alpha value is -2.70. The monoisotopic (exact) mass is 408 g/mol. The minimum absolute atomic E-state index is 0.125. The van der Waals surface area contributed by atoms with Gasteiger partial charge in [0.25, 0.3) is 0 Å². The molecule has 1 atom stereocenters. The molecule has 1 aliphatic rings. The van der Waals surface area contributed by atoms with Gasteiger partial charge in [0.2, 0.25) is 11.8 Å². The number of fused-ring (bicyclic) bond motifs is 1. The highest BCUT2D eigenvalue weighted by atomic mass is 16.2. The van der Waals surface area contributed by atoms with Crippen molar-refractivity contribution in [1.29, 1.82) is 0 Å². The van der Waals surface area contributed by atoms with Crippen molar-refractivity contribution in [3.8, 4) is 0 Å². The van der Waals surface area contributed by atoms with E-state index in [1.165, 1.54) is 11.1 Å². The van der Waals surface area contributed by atoms with Crippen molar-refractivity contribution >= 4 is 17.5 Å². The molecule has 160 valence electrons. The van der Waals surface area contributed by atoms with E-state index in [2.05, 4.69) is 17.4 Å². The molecule has 0 heterocycles. The Morgan fingerprint density at radius 2 is 1.80 bits per heavy atom. The molecule has 0 saturated carbocycles. The van der Waals surface area contributed by atoms with Crippen LogP contribution in [0.15, 0.2) is 48.5 Å². The van der Waals surface area contributed by atoms with Crippen LogP contribution in [0, 0.1) is 0 Å². The number of amides is 2. The van der Waals surface area contributed by atoms with Crippen molar-refractivity contribution in [3.63, 3.8) is 0 Å². The lowest BCUT2D eigenvalue weighted by Gasteiger charge is -2.31. The SMILES string of the molecule is NCCC[C@@H](C(=O)Nc1ccc2c(c1)CCC2)N(CCc1ccccc1)C(=O)CN. The van der Waals surface area contributed by atoms with Gasteiger partial charge < -0.3 is 21.7 Å². The van der Waals surface area contributed by atoms with Crippen LogP contribution in [0.2, 0.25) is 0 Å². The van der Waals surface area contributed by atoms with Crippen molar-refractivity contribution < 1.29 is 9.59 Å². The van der Waals surface area contributed by atoms with Gasteiger partial charge in [-0.05, 0) is 73.9 Å². The zero-order valence-corrected chi connectivity index (χ0v) is 17.5. The molecule has 3 rings (SSSR count). The fourth-order valence-corrected chi connectivity index (χ4v) is 4.08. The lowest BCUT2D eigenvalue weighted by Crippen LogP contribution is -2.50. The lowest BCUT2D eigenvalue weighted by molar-refractivity contribution is -0.137. The van der Waals surface area contributed by atoms with Gasteiger partial charge in [-0.1, -0.05) is 36.4 Å². The van der Waals surface area contributed by atoms with E-state index in [-0.39, 0.29) is 18.4 Å². The van der Waals surface area contributed by atoms with Gasteiger partial charge in [-0.15, -0.1) is 0 Å². The molecule has 0 unspecified atom stereocenters. The first kappa shape index (κ1) is 22.0. The number of hydrogen-bond acceptors (Lipinski definition) is 4. The number of nitrogens with one attached hydrogen (secondary N) is 1. The molecule has 0 bridgehead atoms. The van der Waals surface area contributed by atoms with E-state index in [0.29, 0.717) is 32.4 Å². The van der Waals surface area contributed by atoms with Crippen molar-refractivity contribution in [2.45, 2.75) is 44.6 Å². The predicted octanol–water partition coefficient (Wildman–Crippen LogP) is 2.25. The summed E-state index contributed by atoms with van der Waals surface area (Å²) in [6.07, 6.45) is 5.13. The molecule has 0 fully saturated rings. The minimum Gasteiger partial charge on any atom is -0.330 e. The average molecular weight is 409 g/mol. The second kappa shape index (κ2) is 10.9. The molecule has 0 saturated heterocycles. The van der Waals surface area contributed by atoms with Gasteiger partial charge in [0.05, 0.1) is 6.54 Å². The number of benzene rings is 2. The zero-order valence-electron chi connectivity index (χ0n) is 17.5. The van der Waals surface area contributed by atoms with Crippen LogP contribution in [0.5, 0.6) is 0 Å². The van der Waals surface area contributed by atoms with Gasteiger partial charge in [-0.2, -0.15) is 0 Å². The number of nitrogens with two attached hydrogens (primary N) is 2. The summed E-state index contributed by atoms with van der Waals surface area (Å²) in [7, 11) is 0. The van der Waals surface area contributed by atoms with Crippen molar-refractivity contribution in [2.75, 3.05) is 25.0 Å². The van der Waals surface area contributed by atoms with Gasteiger partial charge in [-0.3, -0.25) is 9.59 Å². The Kier molecular flexibility index (Phi) is 7.99. The zero-order chi connectivity index (χ0) is 21.3. The summed E-state index contributed by atoms with van der Waals surface area (Å²) in [4.78, 5) is 27.5. The van der Waals surface area contributed by atoms with E-state index in [9.17, 15) is 9.59 Å². The fourth-order valence-electron chi connectivity index (χ4n) is 4.08. The quantitative estimate of drug-likeness (QED) is 0.561. The average Bonchev–Trinajstić information content (AvgIpc) is 3.24. The van der Waals surface area contributed by atoms with Crippen LogP contribution in [0.25, 0.3) is 0 Å². The Labute approximate surface area is 178 Å². The molecule has 2 aromatic rings. The maximum atomic E-state index is 13.2. The predicted molar refractivity (Wildman–Crippen MR) is 120 cm³/mol. The van der Waals surface area contributed by atoms with E-state index < -0.39 is 6.04 Å². The molecule has 6 heteroatoms. The summed E-state index contributed by atoms with van der Waals surface area (Å²) in [5.74, 6) is -0.409.